The third-order valence-corrected chi connectivity index (χ3v) is 5.63. The summed E-state index contributed by atoms with van der Waals surface area (Å²) in [5, 5.41) is 0. The van der Waals surface area contributed by atoms with Gasteiger partial charge in [-0.2, -0.15) is 0 Å². The van der Waals surface area contributed by atoms with Crippen LogP contribution in [0.4, 0.5) is 0 Å². The van der Waals surface area contributed by atoms with Crippen LogP contribution in [0.1, 0.15) is 0 Å². The van der Waals surface area contributed by atoms with E-state index >= 15 is 0 Å². The molecule has 0 unspecified atom stereocenters. The third kappa shape index (κ3) is 4.83. The van der Waals surface area contributed by atoms with Gasteiger partial charge in [-0.25, -0.2) is 0 Å². The summed E-state index contributed by atoms with van der Waals surface area (Å²) in [6.07, 6.45) is 0. The van der Waals surface area contributed by atoms with Gasteiger partial charge in [0.1, 0.15) is 0 Å². The highest BCUT2D eigenvalue weighted by molar-refractivity contribution is 9.12. The number of halogens is 6. The second-order valence-corrected chi connectivity index (χ2v) is 9.22. The van der Waals surface area contributed by atoms with Crippen LogP contribution in [0.2, 0.25) is 0 Å². The molecular formula is C14H6Br6O2. The molecule has 22 heavy (non-hydrogen) atoms. The van der Waals surface area contributed by atoms with Gasteiger partial charge in [-0.15, -0.1) is 0 Å². The van der Waals surface area contributed by atoms with E-state index in [-0.39, 0.29) is 5.95 Å². The van der Waals surface area contributed by atoms with Gasteiger partial charge in [-0.3, -0.25) is 0 Å². The molecule has 2 nitrogen and oxygen atoms in total. The fraction of sp³-hybridized carbons (Fsp3) is 0. The zero-order chi connectivity index (χ0) is 16.4. The van der Waals surface area contributed by atoms with Crippen LogP contribution in [-0.4, -0.2) is 0 Å². The molecule has 0 saturated heterocycles. The summed E-state index contributed by atoms with van der Waals surface area (Å²) in [6, 6.07) is 7.50. The normalized spacial score (nSPS) is 10.5. The van der Waals surface area contributed by atoms with Crippen molar-refractivity contribution < 1.29 is 9.47 Å². The van der Waals surface area contributed by atoms with Crippen LogP contribution in [0, 0.1) is 0 Å². The van der Waals surface area contributed by atoms with Gasteiger partial charge in [0.25, 0.3) is 5.95 Å². The summed E-state index contributed by atoms with van der Waals surface area (Å²) in [4.78, 5) is 0. The monoisotopic (exact) mass is 680 g/mol. The molecule has 0 fully saturated rings. The van der Waals surface area contributed by atoms with Crippen LogP contribution in [0.25, 0.3) is 0 Å². The molecule has 0 atom stereocenters. The van der Waals surface area contributed by atoms with E-state index in [1.54, 1.807) is 0 Å². The highest BCUT2D eigenvalue weighted by Gasteiger charge is 2.14. The van der Waals surface area contributed by atoms with Gasteiger partial charge in [0.05, 0.1) is 17.9 Å². The van der Waals surface area contributed by atoms with Crippen LogP contribution in [0.15, 0.2) is 63.6 Å². The topological polar surface area (TPSA) is 18.5 Å². The Balaban J connectivity index is 2.22. The van der Waals surface area contributed by atoms with Gasteiger partial charge in [-0.1, -0.05) is 31.9 Å². The third-order valence-electron chi connectivity index (χ3n) is 2.36. The smallest absolute Gasteiger partial charge is 0.282 e. The van der Waals surface area contributed by atoms with Crippen molar-refractivity contribution in [3.63, 3.8) is 0 Å². The van der Waals surface area contributed by atoms with E-state index < -0.39 is 0 Å². The van der Waals surface area contributed by atoms with Gasteiger partial charge >= 0.3 is 0 Å². The predicted octanol–water partition coefficient (Wildman–Crippen LogP) is 8.19. The summed E-state index contributed by atoms with van der Waals surface area (Å²) < 4.78 is 16.3. The fourth-order valence-electron chi connectivity index (χ4n) is 1.50. The van der Waals surface area contributed by atoms with Gasteiger partial charge in [0.15, 0.2) is 11.5 Å². The van der Waals surface area contributed by atoms with E-state index in [9.17, 15) is 0 Å². The predicted molar refractivity (Wildman–Crippen MR) is 109 cm³/mol. The minimum atomic E-state index is 0.146. The lowest BCUT2D eigenvalue weighted by molar-refractivity contribution is 0.225. The maximum atomic E-state index is 5.69. The number of hydrogen-bond donors (Lipinski definition) is 0. The summed E-state index contributed by atoms with van der Waals surface area (Å²) in [5.41, 5.74) is 0. The first-order chi connectivity index (χ1) is 10.3. The Kier molecular flexibility index (Phi) is 7.04. The Bertz CT molecular complexity index is 637. The highest BCUT2D eigenvalue weighted by atomic mass is 79.9. The van der Waals surface area contributed by atoms with E-state index in [1.165, 1.54) is 0 Å². The Morgan fingerprint density at radius 2 is 0.909 bits per heavy atom. The lowest BCUT2D eigenvalue weighted by Gasteiger charge is -2.15. The summed E-state index contributed by atoms with van der Waals surface area (Å²) in [7, 11) is 0. The second-order valence-electron chi connectivity index (χ2n) is 3.97. The molecule has 2 aromatic rings. The minimum absolute atomic E-state index is 0.146. The molecule has 0 aliphatic heterocycles. The molecule has 2 aromatic carbocycles. The second kappa shape index (κ2) is 8.16. The fourth-order valence-corrected chi connectivity index (χ4v) is 6.34. The van der Waals surface area contributed by atoms with Crippen molar-refractivity contribution in [2.24, 2.45) is 0 Å². The molecule has 0 aliphatic rings. The summed E-state index contributed by atoms with van der Waals surface area (Å²) in [5.74, 6) is 1.31. The SMILES string of the molecule is C=C(Oc1c(Br)cc(Br)cc1Br)Oc1c(Br)cc(Br)cc1Br. The Morgan fingerprint density at radius 1 is 0.636 bits per heavy atom. The highest BCUT2D eigenvalue weighted by Crippen LogP contribution is 2.40. The van der Waals surface area contributed by atoms with E-state index in [0.717, 1.165) is 26.8 Å². The maximum absolute atomic E-state index is 5.69. The molecule has 0 radical (unpaired) electrons. The van der Waals surface area contributed by atoms with E-state index in [4.69, 9.17) is 9.47 Å². The first kappa shape index (κ1) is 19.0. The molecule has 0 spiro atoms. The van der Waals surface area contributed by atoms with Crippen molar-refractivity contribution in [2.75, 3.05) is 0 Å². The van der Waals surface area contributed by atoms with Crippen molar-refractivity contribution >= 4 is 95.6 Å². The molecule has 0 aliphatic carbocycles. The van der Waals surface area contributed by atoms with Crippen molar-refractivity contribution in [3.05, 3.63) is 63.6 Å². The Labute approximate surface area is 178 Å². The summed E-state index contributed by atoms with van der Waals surface area (Å²) >= 11 is 20.6. The van der Waals surface area contributed by atoms with Crippen LogP contribution in [0.5, 0.6) is 11.5 Å². The van der Waals surface area contributed by atoms with Crippen molar-refractivity contribution in [2.45, 2.75) is 0 Å². The Morgan fingerprint density at radius 3 is 1.18 bits per heavy atom. The summed E-state index contributed by atoms with van der Waals surface area (Å²) in [6.45, 7) is 3.80. The van der Waals surface area contributed by atoms with E-state index in [0.29, 0.717) is 11.5 Å². The van der Waals surface area contributed by atoms with Crippen molar-refractivity contribution in [1.82, 2.24) is 0 Å². The number of benzene rings is 2. The largest absolute Gasteiger partial charge is 0.424 e. The van der Waals surface area contributed by atoms with Crippen LogP contribution < -0.4 is 9.47 Å². The van der Waals surface area contributed by atoms with Gasteiger partial charge in [0, 0.05) is 8.95 Å². The van der Waals surface area contributed by atoms with Crippen LogP contribution in [0.3, 0.4) is 0 Å². The molecule has 0 amide bonds. The zero-order valence-corrected chi connectivity index (χ0v) is 20.1. The average Bonchev–Trinajstić information content (AvgIpc) is 2.38. The van der Waals surface area contributed by atoms with Gasteiger partial charge in [0.2, 0.25) is 0 Å². The first-order valence-electron chi connectivity index (χ1n) is 5.61. The number of hydrogen-bond acceptors (Lipinski definition) is 2. The standard InChI is InChI=1S/C14H6Br6O2/c1-6(21-13-9(17)2-7(15)3-10(13)18)22-14-11(19)4-8(16)5-12(14)20/h2-5H,1H2. The molecule has 0 saturated carbocycles. The quantitative estimate of drug-likeness (QED) is 0.303. The van der Waals surface area contributed by atoms with E-state index in [2.05, 4.69) is 102 Å². The molecule has 116 valence electrons. The average molecular weight is 686 g/mol. The van der Waals surface area contributed by atoms with Gasteiger partial charge in [-0.05, 0) is 94.6 Å². The first-order valence-corrected chi connectivity index (χ1v) is 10.4. The Hall–Kier alpha value is 0.660. The van der Waals surface area contributed by atoms with Gasteiger partial charge < -0.3 is 9.47 Å². The minimum Gasteiger partial charge on any atom is -0.424 e. The van der Waals surface area contributed by atoms with Crippen molar-refractivity contribution in [3.8, 4) is 11.5 Å². The molecule has 0 N–H and O–H groups in total. The number of ether oxygens (including phenoxy) is 2. The molecule has 0 bridgehead atoms. The van der Waals surface area contributed by atoms with Crippen molar-refractivity contribution in [1.29, 1.82) is 0 Å². The van der Waals surface area contributed by atoms with E-state index in [1.807, 2.05) is 24.3 Å². The molecule has 0 aromatic heterocycles. The number of rotatable bonds is 4. The lowest BCUT2D eigenvalue weighted by atomic mass is 10.3. The molecular weight excluding hydrogens is 680 g/mol. The zero-order valence-electron chi connectivity index (χ0n) is 10.6. The lowest BCUT2D eigenvalue weighted by Crippen LogP contribution is -2.04. The molecule has 0 heterocycles. The van der Waals surface area contributed by atoms with Crippen LogP contribution >= 0.6 is 95.6 Å². The van der Waals surface area contributed by atoms with Crippen LogP contribution in [-0.2, 0) is 0 Å². The molecule has 2 rings (SSSR count). The molecule has 8 heteroatoms. The maximum Gasteiger partial charge on any atom is 0.282 e.